The van der Waals surface area contributed by atoms with Crippen molar-refractivity contribution in [3.05, 3.63) is 55.0 Å². The van der Waals surface area contributed by atoms with E-state index in [4.69, 9.17) is 10.1 Å². The van der Waals surface area contributed by atoms with Gasteiger partial charge < -0.3 is 10.6 Å². The quantitative estimate of drug-likeness (QED) is 0.462. The molecule has 1 saturated carbocycles. The summed E-state index contributed by atoms with van der Waals surface area (Å²) in [5.74, 6) is 1.52. The first kappa shape index (κ1) is 19.5. The molecule has 4 heterocycles. The molecule has 0 amide bonds. The third-order valence-corrected chi connectivity index (χ3v) is 5.61. The lowest BCUT2D eigenvalue weighted by molar-refractivity contribution is 0.744. The number of hydrogen-bond donors (Lipinski definition) is 2. The van der Waals surface area contributed by atoms with Crippen LogP contribution in [0.25, 0.3) is 28.0 Å². The summed E-state index contributed by atoms with van der Waals surface area (Å²) in [5, 5.41) is 11.8. The molecule has 0 aromatic carbocycles. The standard InChI is InChI=1S/C24H27N7/c1-16(2)27-21-15-17(10-12-25-21)23-22(20-9-5-6-14-31(20)30-23)19-11-13-26-24(29-19)28-18-7-3-4-8-18/h5-6,9-16,18H,3-4,7-8H2,1-2H3,(H,25,27)(H,26,28,29). The van der Waals surface area contributed by atoms with E-state index in [1.165, 1.54) is 25.7 Å². The zero-order valence-corrected chi connectivity index (χ0v) is 17.9. The molecule has 7 nitrogen and oxygen atoms in total. The summed E-state index contributed by atoms with van der Waals surface area (Å²) in [4.78, 5) is 13.8. The van der Waals surface area contributed by atoms with Crippen molar-refractivity contribution >= 4 is 17.3 Å². The van der Waals surface area contributed by atoms with E-state index in [-0.39, 0.29) is 0 Å². The van der Waals surface area contributed by atoms with Crippen LogP contribution in [0.1, 0.15) is 39.5 Å². The minimum atomic E-state index is 0.300. The van der Waals surface area contributed by atoms with Gasteiger partial charge in [0.25, 0.3) is 0 Å². The van der Waals surface area contributed by atoms with Crippen LogP contribution in [0.2, 0.25) is 0 Å². The first-order valence-corrected chi connectivity index (χ1v) is 11.0. The van der Waals surface area contributed by atoms with Gasteiger partial charge in [0.05, 0.1) is 16.8 Å². The molecule has 5 rings (SSSR count). The molecule has 0 atom stereocenters. The highest BCUT2D eigenvalue weighted by Gasteiger charge is 2.20. The van der Waals surface area contributed by atoms with E-state index in [9.17, 15) is 0 Å². The van der Waals surface area contributed by atoms with Gasteiger partial charge in [-0.3, -0.25) is 0 Å². The Morgan fingerprint density at radius 2 is 1.87 bits per heavy atom. The number of anilines is 2. The van der Waals surface area contributed by atoms with Crippen molar-refractivity contribution in [1.29, 1.82) is 0 Å². The average Bonchev–Trinajstić information content (AvgIpc) is 3.41. The van der Waals surface area contributed by atoms with Crippen LogP contribution in [0, 0.1) is 0 Å². The molecule has 0 aliphatic heterocycles. The molecule has 0 radical (unpaired) electrons. The number of aromatic nitrogens is 5. The number of hydrogen-bond acceptors (Lipinski definition) is 6. The molecule has 0 unspecified atom stereocenters. The van der Waals surface area contributed by atoms with Crippen LogP contribution < -0.4 is 10.6 Å². The van der Waals surface area contributed by atoms with Gasteiger partial charge in [0, 0.05) is 36.2 Å². The van der Waals surface area contributed by atoms with Crippen LogP contribution in [0.4, 0.5) is 11.8 Å². The normalized spacial score (nSPS) is 14.4. The molecule has 2 N–H and O–H groups in total. The monoisotopic (exact) mass is 413 g/mol. The molecular formula is C24H27N7. The van der Waals surface area contributed by atoms with E-state index in [0.29, 0.717) is 18.0 Å². The van der Waals surface area contributed by atoms with Gasteiger partial charge in [0.1, 0.15) is 11.5 Å². The minimum Gasteiger partial charge on any atom is -0.368 e. The fourth-order valence-electron chi connectivity index (χ4n) is 4.23. The summed E-state index contributed by atoms with van der Waals surface area (Å²) in [6.07, 6.45) is 10.5. The largest absolute Gasteiger partial charge is 0.368 e. The van der Waals surface area contributed by atoms with E-state index in [2.05, 4.69) is 40.5 Å². The number of nitrogens with zero attached hydrogens (tertiary/aromatic N) is 5. The highest BCUT2D eigenvalue weighted by atomic mass is 15.2. The van der Waals surface area contributed by atoms with Crippen molar-refractivity contribution in [2.24, 2.45) is 0 Å². The zero-order valence-electron chi connectivity index (χ0n) is 17.9. The molecule has 1 aliphatic carbocycles. The second kappa shape index (κ2) is 8.34. The lowest BCUT2D eigenvalue weighted by Crippen LogP contribution is -2.16. The van der Waals surface area contributed by atoms with Gasteiger partial charge in [-0.25, -0.2) is 19.5 Å². The molecule has 0 saturated heterocycles. The minimum absolute atomic E-state index is 0.300. The third kappa shape index (κ3) is 4.08. The first-order valence-electron chi connectivity index (χ1n) is 11.0. The van der Waals surface area contributed by atoms with Crippen molar-refractivity contribution in [2.75, 3.05) is 10.6 Å². The summed E-state index contributed by atoms with van der Waals surface area (Å²) in [7, 11) is 0. The van der Waals surface area contributed by atoms with Crippen LogP contribution in [-0.4, -0.2) is 36.6 Å². The van der Waals surface area contributed by atoms with Gasteiger partial charge in [-0.1, -0.05) is 18.9 Å². The van der Waals surface area contributed by atoms with Crippen LogP contribution in [0.5, 0.6) is 0 Å². The summed E-state index contributed by atoms with van der Waals surface area (Å²) < 4.78 is 1.91. The number of nitrogens with one attached hydrogen (secondary N) is 2. The summed E-state index contributed by atoms with van der Waals surface area (Å²) >= 11 is 0. The number of fused-ring (bicyclic) bond motifs is 1. The molecule has 1 aliphatic rings. The Labute approximate surface area is 182 Å². The van der Waals surface area contributed by atoms with Crippen molar-refractivity contribution in [2.45, 2.75) is 51.6 Å². The maximum Gasteiger partial charge on any atom is 0.223 e. The van der Waals surface area contributed by atoms with E-state index >= 15 is 0 Å². The van der Waals surface area contributed by atoms with E-state index < -0.39 is 0 Å². The fourth-order valence-corrected chi connectivity index (χ4v) is 4.23. The summed E-state index contributed by atoms with van der Waals surface area (Å²) in [6.45, 7) is 4.20. The Bertz CT molecular complexity index is 1190. The Kier molecular flexibility index (Phi) is 5.24. The Hall–Kier alpha value is -3.48. The van der Waals surface area contributed by atoms with E-state index in [0.717, 1.165) is 33.8 Å². The molecule has 0 bridgehead atoms. The van der Waals surface area contributed by atoms with Gasteiger partial charge >= 0.3 is 0 Å². The lowest BCUT2D eigenvalue weighted by atomic mass is 10.0. The van der Waals surface area contributed by atoms with Crippen molar-refractivity contribution < 1.29 is 0 Å². The van der Waals surface area contributed by atoms with Crippen molar-refractivity contribution in [3.8, 4) is 22.5 Å². The SMILES string of the molecule is CC(C)Nc1cc(-c2nn3ccccc3c2-c2ccnc(NC3CCCC3)n2)ccn1. The Balaban J connectivity index is 1.60. The Morgan fingerprint density at radius 3 is 2.71 bits per heavy atom. The molecule has 31 heavy (non-hydrogen) atoms. The van der Waals surface area contributed by atoms with Crippen LogP contribution in [-0.2, 0) is 0 Å². The van der Waals surface area contributed by atoms with Crippen molar-refractivity contribution in [3.63, 3.8) is 0 Å². The number of rotatable bonds is 6. The lowest BCUT2D eigenvalue weighted by Gasteiger charge is -2.13. The Morgan fingerprint density at radius 1 is 1.03 bits per heavy atom. The van der Waals surface area contributed by atoms with Gasteiger partial charge in [-0.2, -0.15) is 5.10 Å². The van der Waals surface area contributed by atoms with Crippen LogP contribution >= 0.6 is 0 Å². The molecule has 0 spiro atoms. The molecule has 4 aromatic heterocycles. The van der Waals surface area contributed by atoms with Crippen LogP contribution in [0.3, 0.4) is 0 Å². The van der Waals surface area contributed by atoms with Gasteiger partial charge in [-0.05, 0) is 57.0 Å². The predicted octanol–water partition coefficient (Wildman–Crippen LogP) is 5.03. The second-order valence-electron chi connectivity index (χ2n) is 8.37. The topological polar surface area (TPSA) is 80.0 Å². The van der Waals surface area contributed by atoms with Gasteiger partial charge in [0.2, 0.25) is 5.95 Å². The summed E-state index contributed by atoms with van der Waals surface area (Å²) in [6, 6.07) is 12.9. The molecular weight excluding hydrogens is 386 g/mol. The average molecular weight is 414 g/mol. The van der Waals surface area contributed by atoms with Crippen molar-refractivity contribution in [1.82, 2.24) is 24.6 Å². The van der Waals surface area contributed by atoms with Crippen LogP contribution in [0.15, 0.2) is 55.0 Å². The van der Waals surface area contributed by atoms with E-state index in [1.807, 2.05) is 53.4 Å². The molecule has 1 fully saturated rings. The fraction of sp³-hybridized carbons (Fsp3) is 0.333. The highest BCUT2D eigenvalue weighted by Crippen LogP contribution is 2.35. The molecule has 4 aromatic rings. The van der Waals surface area contributed by atoms with E-state index in [1.54, 1.807) is 0 Å². The predicted molar refractivity (Wildman–Crippen MR) is 124 cm³/mol. The highest BCUT2D eigenvalue weighted by molar-refractivity contribution is 5.91. The smallest absolute Gasteiger partial charge is 0.223 e. The summed E-state index contributed by atoms with van der Waals surface area (Å²) in [5.41, 5.74) is 4.76. The first-order chi connectivity index (χ1) is 15.2. The maximum absolute atomic E-state index is 4.89. The van der Waals surface area contributed by atoms with Gasteiger partial charge in [-0.15, -0.1) is 0 Å². The zero-order chi connectivity index (χ0) is 21.2. The maximum atomic E-state index is 4.89. The van der Waals surface area contributed by atoms with Gasteiger partial charge in [0.15, 0.2) is 0 Å². The third-order valence-electron chi connectivity index (χ3n) is 5.61. The number of pyridine rings is 2. The molecule has 7 heteroatoms. The second-order valence-corrected chi connectivity index (χ2v) is 8.37. The molecule has 158 valence electrons.